The molecule has 3 rings (SSSR count). The van der Waals surface area contributed by atoms with Crippen molar-refractivity contribution >= 4 is 35.8 Å². The first-order valence-corrected chi connectivity index (χ1v) is 11.7. The Balaban J connectivity index is 0.00000300. The van der Waals surface area contributed by atoms with Crippen LogP contribution >= 0.6 is 24.0 Å². The van der Waals surface area contributed by atoms with Gasteiger partial charge in [-0.15, -0.1) is 24.0 Å². The fraction of sp³-hybridized carbons (Fsp3) is 0.909. The summed E-state index contributed by atoms with van der Waals surface area (Å²) in [6, 6.07) is 1.01. The van der Waals surface area contributed by atoms with Crippen molar-refractivity contribution in [3.8, 4) is 0 Å². The third kappa shape index (κ3) is 7.56. The molecule has 3 aliphatic rings. The van der Waals surface area contributed by atoms with Crippen molar-refractivity contribution in [3.63, 3.8) is 0 Å². The molecule has 6 nitrogen and oxygen atoms in total. The molecule has 0 aromatic rings. The number of hydrogen-bond acceptors (Lipinski definition) is 3. The number of nitrogens with one attached hydrogen (secondary N) is 2. The highest BCUT2D eigenvalue weighted by molar-refractivity contribution is 14.0. The first kappa shape index (κ1) is 24.7. The molecule has 2 unspecified atom stereocenters. The van der Waals surface area contributed by atoms with Crippen LogP contribution in [-0.2, 0) is 4.79 Å². The fourth-order valence-electron chi connectivity index (χ4n) is 4.98. The molecule has 1 aliphatic carbocycles. The van der Waals surface area contributed by atoms with E-state index >= 15 is 0 Å². The second-order valence-electron chi connectivity index (χ2n) is 8.89. The lowest BCUT2D eigenvalue weighted by atomic mass is 9.88. The van der Waals surface area contributed by atoms with Crippen LogP contribution in [0.3, 0.4) is 0 Å². The maximum Gasteiger partial charge on any atom is 0.225 e. The highest BCUT2D eigenvalue weighted by Gasteiger charge is 2.31. The van der Waals surface area contributed by atoms with Crippen LogP contribution in [0.15, 0.2) is 4.99 Å². The van der Waals surface area contributed by atoms with E-state index in [2.05, 4.69) is 34.3 Å². The maximum atomic E-state index is 12.8. The number of amides is 1. The van der Waals surface area contributed by atoms with Gasteiger partial charge in [0.15, 0.2) is 5.96 Å². The van der Waals surface area contributed by atoms with Crippen LogP contribution in [-0.4, -0.2) is 73.0 Å². The molecule has 7 heteroatoms. The predicted octanol–water partition coefficient (Wildman–Crippen LogP) is 3.22. The van der Waals surface area contributed by atoms with Crippen molar-refractivity contribution in [1.82, 2.24) is 20.4 Å². The summed E-state index contributed by atoms with van der Waals surface area (Å²) in [6.45, 7) is 10.1. The molecule has 0 aromatic carbocycles. The first-order valence-electron chi connectivity index (χ1n) is 11.7. The van der Waals surface area contributed by atoms with Crippen molar-refractivity contribution in [2.45, 2.75) is 83.7 Å². The fourth-order valence-corrected chi connectivity index (χ4v) is 4.98. The number of carbonyl (C=O) groups excluding carboxylic acids is 1. The minimum Gasteiger partial charge on any atom is -0.357 e. The van der Waals surface area contributed by atoms with Gasteiger partial charge in [0.1, 0.15) is 0 Å². The zero-order valence-electron chi connectivity index (χ0n) is 18.5. The molecule has 1 amide bonds. The molecular formula is C22H42IN5O. The Morgan fingerprint density at radius 2 is 1.79 bits per heavy atom. The normalized spacial score (nSPS) is 26.8. The molecular weight excluding hydrogens is 477 g/mol. The lowest BCUT2D eigenvalue weighted by Crippen LogP contribution is -2.46. The summed E-state index contributed by atoms with van der Waals surface area (Å²) in [6.07, 6.45) is 10.9. The second kappa shape index (κ2) is 13.0. The van der Waals surface area contributed by atoms with Crippen molar-refractivity contribution in [2.24, 2.45) is 10.9 Å². The number of carbonyl (C=O) groups is 1. The Morgan fingerprint density at radius 1 is 1.03 bits per heavy atom. The predicted molar refractivity (Wildman–Crippen MR) is 131 cm³/mol. The molecule has 168 valence electrons. The van der Waals surface area contributed by atoms with Crippen LogP contribution in [0.4, 0.5) is 0 Å². The van der Waals surface area contributed by atoms with Gasteiger partial charge in [-0.05, 0) is 52.5 Å². The van der Waals surface area contributed by atoms with Gasteiger partial charge in [-0.3, -0.25) is 14.7 Å². The van der Waals surface area contributed by atoms with Gasteiger partial charge < -0.3 is 15.5 Å². The van der Waals surface area contributed by atoms with Gasteiger partial charge in [0.05, 0.1) is 6.54 Å². The molecule has 0 radical (unpaired) electrons. The number of piperidine rings is 1. The average molecular weight is 520 g/mol. The number of nitrogens with zero attached hydrogens (tertiary/aromatic N) is 3. The van der Waals surface area contributed by atoms with Crippen LogP contribution in [0.2, 0.25) is 0 Å². The quantitative estimate of drug-likeness (QED) is 0.322. The minimum absolute atomic E-state index is 0. The van der Waals surface area contributed by atoms with E-state index in [1.54, 1.807) is 0 Å². The van der Waals surface area contributed by atoms with Crippen LogP contribution in [0, 0.1) is 5.92 Å². The number of likely N-dealkylation sites (tertiary alicyclic amines) is 2. The Kier molecular flexibility index (Phi) is 11.0. The summed E-state index contributed by atoms with van der Waals surface area (Å²) >= 11 is 0. The van der Waals surface area contributed by atoms with E-state index in [-0.39, 0.29) is 29.9 Å². The van der Waals surface area contributed by atoms with E-state index in [0.717, 1.165) is 57.9 Å². The van der Waals surface area contributed by atoms with Gasteiger partial charge in [0.2, 0.25) is 5.91 Å². The molecule has 0 aromatic heterocycles. The number of aliphatic imine (C=N–C) groups is 1. The second-order valence-corrected chi connectivity index (χ2v) is 8.89. The lowest BCUT2D eigenvalue weighted by molar-refractivity contribution is -0.135. The van der Waals surface area contributed by atoms with E-state index < -0.39 is 0 Å². The number of halogens is 1. The number of guanidine groups is 1. The Bertz CT molecular complexity index is 523. The van der Waals surface area contributed by atoms with Gasteiger partial charge in [0.25, 0.3) is 0 Å². The van der Waals surface area contributed by atoms with Gasteiger partial charge in [-0.2, -0.15) is 0 Å². The van der Waals surface area contributed by atoms with Crippen LogP contribution in [0.25, 0.3) is 0 Å². The van der Waals surface area contributed by atoms with Crippen molar-refractivity contribution in [3.05, 3.63) is 0 Å². The Morgan fingerprint density at radius 3 is 2.52 bits per heavy atom. The summed E-state index contributed by atoms with van der Waals surface area (Å²) in [4.78, 5) is 22.3. The van der Waals surface area contributed by atoms with Crippen LogP contribution in [0.1, 0.15) is 71.6 Å². The molecule has 3 fully saturated rings. The molecule has 2 aliphatic heterocycles. The molecule has 29 heavy (non-hydrogen) atoms. The van der Waals surface area contributed by atoms with Gasteiger partial charge in [0, 0.05) is 44.2 Å². The highest BCUT2D eigenvalue weighted by Crippen LogP contribution is 2.26. The highest BCUT2D eigenvalue weighted by atomic mass is 127. The van der Waals surface area contributed by atoms with E-state index in [1.165, 1.54) is 45.1 Å². The van der Waals surface area contributed by atoms with E-state index in [1.807, 2.05) is 0 Å². The summed E-state index contributed by atoms with van der Waals surface area (Å²) in [5.74, 6) is 1.58. The zero-order chi connectivity index (χ0) is 19.8. The largest absolute Gasteiger partial charge is 0.357 e. The monoisotopic (exact) mass is 519 g/mol. The van der Waals surface area contributed by atoms with Crippen LogP contribution in [0.5, 0.6) is 0 Å². The summed E-state index contributed by atoms with van der Waals surface area (Å²) < 4.78 is 0. The number of rotatable bonds is 6. The first-order chi connectivity index (χ1) is 13.7. The van der Waals surface area contributed by atoms with E-state index in [9.17, 15) is 4.79 Å². The smallest absolute Gasteiger partial charge is 0.225 e. The Hall–Kier alpha value is -0.570. The van der Waals surface area contributed by atoms with E-state index in [0.29, 0.717) is 18.0 Å². The standard InChI is InChI=1S/C22H41N5O.HI/c1-3-23-22(24-13-16-26-14-8-7-9-18(26)2)25-20-12-15-27(17-20)21(28)19-10-5-4-6-11-19;/h18-20H,3-17H2,1-2H3,(H2,23,24,25);1H. The molecule has 1 saturated carbocycles. The molecule has 2 N–H and O–H groups in total. The van der Waals surface area contributed by atoms with Gasteiger partial charge in [-0.25, -0.2) is 0 Å². The lowest BCUT2D eigenvalue weighted by Gasteiger charge is -2.32. The topological polar surface area (TPSA) is 60.0 Å². The Labute approximate surface area is 194 Å². The third-order valence-corrected chi connectivity index (χ3v) is 6.74. The zero-order valence-corrected chi connectivity index (χ0v) is 20.8. The molecule has 2 saturated heterocycles. The SMILES string of the molecule is CCNC(=NCCN1CCCCC1C)NC1CCN(C(=O)C2CCCCC2)C1.I. The van der Waals surface area contributed by atoms with Crippen molar-refractivity contribution < 1.29 is 4.79 Å². The molecule has 0 spiro atoms. The van der Waals surface area contributed by atoms with Gasteiger partial charge >= 0.3 is 0 Å². The van der Waals surface area contributed by atoms with Gasteiger partial charge in [-0.1, -0.05) is 25.7 Å². The molecule has 2 heterocycles. The van der Waals surface area contributed by atoms with Crippen molar-refractivity contribution in [2.75, 3.05) is 39.3 Å². The van der Waals surface area contributed by atoms with E-state index in [4.69, 9.17) is 4.99 Å². The summed E-state index contributed by atoms with van der Waals surface area (Å²) in [7, 11) is 0. The molecule has 2 atom stereocenters. The maximum absolute atomic E-state index is 12.8. The van der Waals surface area contributed by atoms with Crippen LogP contribution < -0.4 is 10.6 Å². The summed E-state index contributed by atoms with van der Waals surface area (Å²) in [5, 5.41) is 6.96. The molecule has 0 bridgehead atoms. The average Bonchev–Trinajstić information content (AvgIpc) is 3.18. The third-order valence-electron chi connectivity index (χ3n) is 6.74. The minimum atomic E-state index is 0. The number of hydrogen-bond donors (Lipinski definition) is 2. The van der Waals surface area contributed by atoms with Crippen molar-refractivity contribution in [1.29, 1.82) is 0 Å². The summed E-state index contributed by atoms with van der Waals surface area (Å²) in [5.41, 5.74) is 0.